The van der Waals surface area contributed by atoms with Crippen LogP contribution < -0.4 is 11.2 Å². The SMILES string of the molecule is Cc1cn(C2COC3(COC(C)(C)OC3)C2)c(=O)[nH]c1=O. The second-order valence-electron chi connectivity index (χ2n) is 6.31. The fourth-order valence-electron chi connectivity index (χ4n) is 2.75. The molecule has 0 amide bonds. The fourth-order valence-corrected chi connectivity index (χ4v) is 2.75. The minimum atomic E-state index is -0.599. The Morgan fingerprint density at radius 1 is 1.24 bits per heavy atom. The summed E-state index contributed by atoms with van der Waals surface area (Å²) in [7, 11) is 0. The number of ether oxygens (including phenoxy) is 3. The summed E-state index contributed by atoms with van der Waals surface area (Å²) in [5.74, 6) is -0.599. The molecule has 1 atom stereocenters. The fraction of sp³-hybridized carbons (Fsp3) is 0.714. The Morgan fingerprint density at radius 2 is 1.90 bits per heavy atom. The normalized spacial score (nSPS) is 27.1. The van der Waals surface area contributed by atoms with Crippen molar-refractivity contribution in [2.24, 2.45) is 0 Å². The highest BCUT2D eigenvalue weighted by Crippen LogP contribution is 2.37. The van der Waals surface area contributed by atoms with Gasteiger partial charge in [0, 0.05) is 18.2 Å². The molecule has 1 N–H and O–H groups in total. The predicted octanol–water partition coefficient (Wildman–Crippen LogP) is 0.328. The zero-order valence-corrected chi connectivity index (χ0v) is 12.5. The average Bonchev–Trinajstić information content (AvgIpc) is 2.83. The molecule has 116 valence electrons. The molecule has 21 heavy (non-hydrogen) atoms. The Hall–Kier alpha value is -1.44. The van der Waals surface area contributed by atoms with E-state index in [0.717, 1.165) is 0 Å². The molecular weight excluding hydrogens is 276 g/mol. The second kappa shape index (κ2) is 4.79. The van der Waals surface area contributed by atoms with Gasteiger partial charge in [-0.15, -0.1) is 0 Å². The number of aromatic nitrogens is 2. The standard InChI is InChI=1S/C14H20N2O5/c1-9-5-16(12(18)15-11(9)17)10-4-14(19-6-10)7-20-13(2,3)21-8-14/h5,10H,4,6-8H2,1-3H3,(H,15,17,18). The van der Waals surface area contributed by atoms with Crippen LogP contribution in [0.5, 0.6) is 0 Å². The zero-order chi connectivity index (χ0) is 15.3. The van der Waals surface area contributed by atoms with Gasteiger partial charge in [0.15, 0.2) is 5.79 Å². The molecule has 1 spiro atoms. The van der Waals surface area contributed by atoms with Gasteiger partial charge >= 0.3 is 5.69 Å². The first-order valence-electron chi connectivity index (χ1n) is 7.04. The lowest BCUT2D eigenvalue weighted by Crippen LogP contribution is -2.51. The highest BCUT2D eigenvalue weighted by Gasteiger charge is 2.47. The van der Waals surface area contributed by atoms with Crippen molar-refractivity contribution in [3.63, 3.8) is 0 Å². The van der Waals surface area contributed by atoms with Crippen LogP contribution in [-0.4, -0.2) is 40.8 Å². The number of aryl methyl sites for hydroxylation is 1. The van der Waals surface area contributed by atoms with Crippen molar-refractivity contribution in [1.82, 2.24) is 9.55 Å². The third-order valence-electron chi connectivity index (χ3n) is 4.09. The maximum Gasteiger partial charge on any atom is 0.328 e. The van der Waals surface area contributed by atoms with Crippen LogP contribution in [0.3, 0.4) is 0 Å². The summed E-state index contributed by atoms with van der Waals surface area (Å²) in [4.78, 5) is 25.7. The summed E-state index contributed by atoms with van der Waals surface area (Å²) in [6, 6.07) is -0.124. The number of nitrogens with one attached hydrogen (secondary N) is 1. The first-order chi connectivity index (χ1) is 9.80. The van der Waals surface area contributed by atoms with E-state index in [9.17, 15) is 9.59 Å². The third-order valence-corrected chi connectivity index (χ3v) is 4.09. The Labute approximate surface area is 121 Å². The van der Waals surface area contributed by atoms with Gasteiger partial charge in [0.1, 0.15) is 5.60 Å². The van der Waals surface area contributed by atoms with Gasteiger partial charge in [0.2, 0.25) is 0 Å². The van der Waals surface area contributed by atoms with Crippen LogP contribution in [0.15, 0.2) is 15.8 Å². The Balaban J connectivity index is 1.81. The molecule has 2 aliphatic heterocycles. The number of rotatable bonds is 1. The topological polar surface area (TPSA) is 82.6 Å². The Kier molecular flexibility index (Phi) is 3.31. The lowest BCUT2D eigenvalue weighted by Gasteiger charge is -2.40. The molecule has 3 rings (SSSR count). The monoisotopic (exact) mass is 296 g/mol. The van der Waals surface area contributed by atoms with Crippen molar-refractivity contribution in [2.45, 2.75) is 44.6 Å². The quantitative estimate of drug-likeness (QED) is 0.807. The largest absolute Gasteiger partial charge is 0.368 e. The predicted molar refractivity (Wildman–Crippen MR) is 74.4 cm³/mol. The number of hydrogen-bond donors (Lipinski definition) is 1. The Morgan fingerprint density at radius 3 is 2.57 bits per heavy atom. The van der Waals surface area contributed by atoms with Gasteiger partial charge in [-0.2, -0.15) is 0 Å². The van der Waals surface area contributed by atoms with Gasteiger partial charge in [-0.1, -0.05) is 0 Å². The first-order valence-corrected chi connectivity index (χ1v) is 7.04. The van der Waals surface area contributed by atoms with Crippen LogP contribution in [0.1, 0.15) is 31.9 Å². The van der Waals surface area contributed by atoms with Gasteiger partial charge in [0.25, 0.3) is 5.56 Å². The van der Waals surface area contributed by atoms with E-state index in [2.05, 4.69) is 4.98 Å². The molecule has 2 saturated heterocycles. The van der Waals surface area contributed by atoms with E-state index >= 15 is 0 Å². The van der Waals surface area contributed by atoms with Crippen LogP contribution in [0.2, 0.25) is 0 Å². The van der Waals surface area contributed by atoms with Gasteiger partial charge < -0.3 is 14.2 Å². The highest BCUT2D eigenvalue weighted by atomic mass is 16.7. The van der Waals surface area contributed by atoms with Crippen molar-refractivity contribution in [2.75, 3.05) is 19.8 Å². The van der Waals surface area contributed by atoms with E-state index in [1.165, 1.54) is 4.57 Å². The molecule has 0 saturated carbocycles. The minimum absolute atomic E-state index is 0.124. The van der Waals surface area contributed by atoms with E-state index in [4.69, 9.17) is 14.2 Å². The summed E-state index contributed by atoms with van der Waals surface area (Å²) in [6.07, 6.45) is 2.21. The van der Waals surface area contributed by atoms with Crippen LogP contribution in [0, 0.1) is 6.92 Å². The number of hydrogen-bond acceptors (Lipinski definition) is 5. The van der Waals surface area contributed by atoms with Gasteiger partial charge in [0.05, 0.1) is 25.9 Å². The summed E-state index contributed by atoms with van der Waals surface area (Å²) in [6.45, 7) is 6.68. The molecule has 7 heteroatoms. The molecule has 1 aromatic rings. The maximum absolute atomic E-state index is 11.9. The molecular formula is C14H20N2O5. The van der Waals surface area contributed by atoms with Crippen LogP contribution in [-0.2, 0) is 14.2 Å². The van der Waals surface area contributed by atoms with Gasteiger partial charge in [-0.3, -0.25) is 14.3 Å². The zero-order valence-electron chi connectivity index (χ0n) is 12.5. The third kappa shape index (κ3) is 2.68. The maximum atomic E-state index is 11.9. The first kappa shape index (κ1) is 14.5. The van der Waals surface area contributed by atoms with E-state index in [1.807, 2.05) is 13.8 Å². The lowest BCUT2D eigenvalue weighted by molar-refractivity contribution is -0.301. The van der Waals surface area contributed by atoms with E-state index in [0.29, 0.717) is 31.8 Å². The van der Waals surface area contributed by atoms with Crippen LogP contribution >= 0.6 is 0 Å². The molecule has 3 heterocycles. The minimum Gasteiger partial charge on any atom is -0.368 e. The molecule has 0 bridgehead atoms. The molecule has 0 radical (unpaired) electrons. The van der Waals surface area contributed by atoms with E-state index in [-0.39, 0.29) is 11.6 Å². The number of nitrogens with zero attached hydrogens (tertiary/aromatic N) is 1. The van der Waals surface area contributed by atoms with Gasteiger partial charge in [-0.05, 0) is 20.8 Å². The molecule has 1 unspecified atom stereocenters. The van der Waals surface area contributed by atoms with Crippen LogP contribution in [0.4, 0.5) is 0 Å². The molecule has 2 aliphatic rings. The number of aromatic amines is 1. The highest BCUT2D eigenvalue weighted by molar-refractivity contribution is 5.04. The van der Waals surface area contributed by atoms with Crippen molar-refractivity contribution in [3.05, 3.63) is 32.6 Å². The summed E-state index contributed by atoms with van der Waals surface area (Å²) in [5, 5.41) is 0. The van der Waals surface area contributed by atoms with Gasteiger partial charge in [-0.25, -0.2) is 4.79 Å². The molecule has 1 aromatic heterocycles. The van der Waals surface area contributed by atoms with E-state index < -0.39 is 17.1 Å². The summed E-state index contributed by atoms with van der Waals surface area (Å²) in [5.41, 5.74) is -0.762. The lowest BCUT2D eigenvalue weighted by atomic mass is 9.98. The van der Waals surface area contributed by atoms with Crippen molar-refractivity contribution >= 4 is 0 Å². The molecule has 2 fully saturated rings. The van der Waals surface area contributed by atoms with Crippen molar-refractivity contribution < 1.29 is 14.2 Å². The molecule has 0 aliphatic carbocycles. The number of H-pyrrole nitrogens is 1. The van der Waals surface area contributed by atoms with Crippen LogP contribution in [0.25, 0.3) is 0 Å². The van der Waals surface area contributed by atoms with Crippen molar-refractivity contribution in [3.8, 4) is 0 Å². The molecule has 0 aromatic carbocycles. The molecule has 7 nitrogen and oxygen atoms in total. The van der Waals surface area contributed by atoms with E-state index in [1.54, 1.807) is 13.1 Å². The van der Waals surface area contributed by atoms with Crippen molar-refractivity contribution in [1.29, 1.82) is 0 Å². The Bertz CT molecular complexity index is 650. The summed E-state index contributed by atoms with van der Waals surface area (Å²) >= 11 is 0. The summed E-state index contributed by atoms with van der Waals surface area (Å²) < 4.78 is 18.7. The average molecular weight is 296 g/mol. The smallest absolute Gasteiger partial charge is 0.328 e. The second-order valence-corrected chi connectivity index (χ2v) is 6.31.